The first-order valence-corrected chi connectivity index (χ1v) is 6.35. The van der Waals surface area contributed by atoms with E-state index in [2.05, 4.69) is 21.9 Å². The molecule has 1 unspecified atom stereocenters. The van der Waals surface area contributed by atoms with Gasteiger partial charge in [0.1, 0.15) is 0 Å². The van der Waals surface area contributed by atoms with Crippen molar-refractivity contribution in [3.05, 3.63) is 42.0 Å². The Bertz CT molecular complexity index is 527. The number of nitrogens with zero attached hydrogens (tertiary/aromatic N) is 3. The van der Waals surface area contributed by atoms with Crippen molar-refractivity contribution in [2.24, 2.45) is 5.73 Å². The van der Waals surface area contributed by atoms with E-state index >= 15 is 0 Å². The smallest absolute Gasteiger partial charge is 0.321 e. The molecule has 0 saturated carbocycles. The van der Waals surface area contributed by atoms with Crippen LogP contribution in [0.25, 0.3) is 0 Å². The van der Waals surface area contributed by atoms with E-state index in [0.29, 0.717) is 11.8 Å². The fourth-order valence-electron chi connectivity index (χ4n) is 1.62. The van der Waals surface area contributed by atoms with Gasteiger partial charge < -0.3 is 10.5 Å². The fraction of sp³-hybridized carbons (Fsp3) is 0.357. The van der Waals surface area contributed by atoms with Crippen molar-refractivity contribution in [2.45, 2.75) is 32.7 Å². The van der Waals surface area contributed by atoms with Crippen LogP contribution < -0.4 is 10.5 Å². The van der Waals surface area contributed by atoms with Gasteiger partial charge in [-0.3, -0.25) is 4.98 Å². The van der Waals surface area contributed by atoms with Crippen molar-refractivity contribution < 1.29 is 4.74 Å². The molecule has 0 saturated heterocycles. The van der Waals surface area contributed by atoms with Gasteiger partial charge in [0.25, 0.3) is 0 Å². The maximum Gasteiger partial charge on any atom is 0.321 e. The predicted octanol–water partition coefficient (Wildman–Crippen LogP) is 2.25. The molecular formula is C14H18N4O. The molecule has 0 fully saturated rings. The highest BCUT2D eigenvalue weighted by molar-refractivity contribution is 5.28. The molecule has 0 aliphatic heterocycles. The van der Waals surface area contributed by atoms with Crippen LogP contribution in [0.4, 0.5) is 0 Å². The molecule has 0 spiro atoms. The Morgan fingerprint density at radius 3 is 2.63 bits per heavy atom. The maximum absolute atomic E-state index is 5.89. The van der Waals surface area contributed by atoms with Gasteiger partial charge in [0.2, 0.25) is 0 Å². The maximum atomic E-state index is 5.89. The van der Waals surface area contributed by atoms with Gasteiger partial charge in [-0.05, 0) is 37.5 Å². The molecule has 5 heteroatoms. The highest BCUT2D eigenvalue weighted by atomic mass is 16.5. The Hall–Kier alpha value is -2.01. The molecule has 0 aliphatic carbocycles. The quantitative estimate of drug-likeness (QED) is 0.890. The van der Waals surface area contributed by atoms with Gasteiger partial charge in [-0.25, -0.2) is 9.97 Å². The number of aryl methyl sites for hydroxylation is 1. The second-order valence-corrected chi connectivity index (χ2v) is 4.44. The van der Waals surface area contributed by atoms with E-state index in [4.69, 9.17) is 10.5 Å². The molecule has 19 heavy (non-hydrogen) atoms. The van der Waals surface area contributed by atoms with Crippen LogP contribution in [0.1, 0.15) is 24.6 Å². The molecule has 5 nitrogen and oxygen atoms in total. The van der Waals surface area contributed by atoms with Crippen LogP contribution in [0.5, 0.6) is 11.8 Å². The van der Waals surface area contributed by atoms with Gasteiger partial charge in [-0.1, -0.05) is 6.92 Å². The summed E-state index contributed by atoms with van der Waals surface area (Å²) in [4.78, 5) is 12.5. The minimum atomic E-state index is 0.149. The highest BCUT2D eigenvalue weighted by Crippen LogP contribution is 2.19. The SMILES string of the molecule is CCC(N)Cc1cnc(Oc2cccnc2C)nc1. The second-order valence-electron chi connectivity index (χ2n) is 4.44. The van der Waals surface area contributed by atoms with Gasteiger partial charge in [0.05, 0.1) is 5.69 Å². The average Bonchev–Trinajstić information content (AvgIpc) is 2.43. The summed E-state index contributed by atoms with van der Waals surface area (Å²) < 4.78 is 5.58. The fourth-order valence-corrected chi connectivity index (χ4v) is 1.62. The summed E-state index contributed by atoms with van der Waals surface area (Å²) in [6, 6.07) is 4.13. The zero-order chi connectivity index (χ0) is 13.7. The topological polar surface area (TPSA) is 73.9 Å². The Labute approximate surface area is 112 Å². The summed E-state index contributed by atoms with van der Waals surface area (Å²) in [5.74, 6) is 0.667. The van der Waals surface area contributed by atoms with Crippen molar-refractivity contribution in [3.63, 3.8) is 0 Å². The summed E-state index contributed by atoms with van der Waals surface area (Å²) >= 11 is 0. The number of pyridine rings is 1. The first-order valence-electron chi connectivity index (χ1n) is 6.35. The van der Waals surface area contributed by atoms with Crippen LogP contribution in [0.15, 0.2) is 30.7 Å². The third-order valence-electron chi connectivity index (χ3n) is 2.86. The number of aromatic nitrogens is 3. The number of hydrogen-bond acceptors (Lipinski definition) is 5. The van der Waals surface area contributed by atoms with E-state index in [-0.39, 0.29) is 6.04 Å². The lowest BCUT2D eigenvalue weighted by atomic mass is 10.1. The van der Waals surface area contributed by atoms with Crippen LogP contribution in [-0.2, 0) is 6.42 Å². The van der Waals surface area contributed by atoms with E-state index < -0.39 is 0 Å². The second kappa shape index (κ2) is 6.24. The van der Waals surface area contributed by atoms with Gasteiger partial charge >= 0.3 is 6.01 Å². The van der Waals surface area contributed by atoms with Crippen LogP contribution in [0, 0.1) is 6.92 Å². The van der Waals surface area contributed by atoms with E-state index in [1.807, 2.05) is 19.1 Å². The number of rotatable bonds is 5. The van der Waals surface area contributed by atoms with Gasteiger partial charge in [0.15, 0.2) is 5.75 Å². The van der Waals surface area contributed by atoms with E-state index in [0.717, 1.165) is 24.1 Å². The molecule has 0 aliphatic rings. The largest absolute Gasteiger partial charge is 0.422 e. The molecule has 1 atom stereocenters. The predicted molar refractivity (Wildman–Crippen MR) is 73.1 cm³/mol. The van der Waals surface area contributed by atoms with Gasteiger partial charge in [0, 0.05) is 24.6 Å². The van der Waals surface area contributed by atoms with Crippen molar-refractivity contribution in [1.82, 2.24) is 15.0 Å². The minimum absolute atomic E-state index is 0.149. The molecule has 2 aromatic heterocycles. The standard InChI is InChI=1S/C14H18N4O/c1-3-12(15)7-11-8-17-14(18-9-11)19-13-5-4-6-16-10(13)2/h4-6,8-9,12H,3,7,15H2,1-2H3. The van der Waals surface area contributed by atoms with Crippen molar-refractivity contribution in [1.29, 1.82) is 0 Å². The number of hydrogen-bond donors (Lipinski definition) is 1. The molecule has 2 heterocycles. The molecule has 0 radical (unpaired) electrons. The van der Waals surface area contributed by atoms with Gasteiger partial charge in [-0.2, -0.15) is 0 Å². The Balaban J connectivity index is 2.05. The minimum Gasteiger partial charge on any atom is -0.422 e. The first kappa shape index (κ1) is 13.4. The Morgan fingerprint density at radius 1 is 1.26 bits per heavy atom. The molecule has 2 aromatic rings. The van der Waals surface area contributed by atoms with Crippen LogP contribution in [0.3, 0.4) is 0 Å². The van der Waals surface area contributed by atoms with Crippen molar-refractivity contribution >= 4 is 0 Å². The lowest BCUT2D eigenvalue weighted by molar-refractivity contribution is 0.435. The van der Waals surface area contributed by atoms with Crippen LogP contribution in [-0.4, -0.2) is 21.0 Å². The summed E-state index contributed by atoms with van der Waals surface area (Å²) in [6.07, 6.45) is 6.95. The third-order valence-corrected chi connectivity index (χ3v) is 2.86. The summed E-state index contributed by atoms with van der Waals surface area (Å²) in [7, 11) is 0. The van der Waals surface area contributed by atoms with E-state index in [1.165, 1.54) is 0 Å². The Morgan fingerprint density at radius 2 is 2.00 bits per heavy atom. The molecule has 2 rings (SSSR count). The number of ether oxygens (including phenoxy) is 1. The Kier molecular flexibility index (Phi) is 4.41. The average molecular weight is 258 g/mol. The summed E-state index contributed by atoms with van der Waals surface area (Å²) in [6.45, 7) is 3.94. The zero-order valence-corrected chi connectivity index (χ0v) is 11.2. The molecular weight excluding hydrogens is 240 g/mol. The van der Waals surface area contributed by atoms with E-state index in [1.54, 1.807) is 18.6 Å². The first-order chi connectivity index (χ1) is 9.19. The van der Waals surface area contributed by atoms with Crippen LogP contribution >= 0.6 is 0 Å². The summed E-state index contributed by atoms with van der Waals surface area (Å²) in [5.41, 5.74) is 7.72. The molecule has 2 N–H and O–H groups in total. The molecule has 0 bridgehead atoms. The lowest BCUT2D eigenvalue weighted by Gasteiger charge is -2.09. The molecule has 100 valence electrons. The van der Waals surface area contributed by atoms with Crippen LogP contribution in [0.2, 0.25) is 0 Å². The molecule has 0 aromatic carbocycles. The summed E-state index contributed by atoms with van der Waals surface area (Å²) in [5, 5.41) is 0. The van der Waals surface area contributed by atoms with Gasteiger partial charge in [-0.15, -0.1) is 0 Å². The van der Waals surface area contributed by atoms with Crippen molar-refractivity contribution in [3.8, 4) is 11.8 Å². The lowest BCUT2D eigenvalue weighted by Crippen LogP contribution is -2.21. The number of nitrogens with two attached hydrogens (primary N) is 1. The van der Waals surface area contributed by atoms with E-state index in [9.17, 15) is 0 Å². The monoisotopic (exact) mass is 258 g/mol. The third kappa shape index (κ3) is 3.72. The normalized spacial score (nSPS) is 12.2. The molecule has 0 amide bonds. The van der Waals surface area contributed by atoms with Crippen molar-refractivity contribution in [2.75, 3.05) is 0 Å². The zero-order valence-electron chi connectivity index (χ0n) is 11.2. The highest BCUT2D eigenvalue weighted by Gasteiger charge is 2.06.